The van der Waals surface area contributed by atoms with Crippen molar-refractivity contribution in [1.29, 1.82) is 0 Å². The Morgan fingerprint density at radius 3 is 1.01 bits per heavy atom. The molecule has 12 aromatic rings. The van der Waals surface area contributed by atoms with Crippen LogP contribution in [-0.4, -0.2) is 13.4 Å². The largest absolute Gasteiger partial charge is 0.310 e. The van der Waals surface area contributed by atoms with Gasteiger partial charge in [0.25, 0.3) is 0 Å². The van der Waals surface area contributed by atoms with Gasteiger partial charge in [0.05, 0.1) is 11.4 Å². The van der Waals surface area contributed by atoms with Crippen molar-refractivity contribution in [3.8, 4) is 22.3 Å². The molecule has 0 atom stereocenters. The van der Waals surface area contributed by atoms with Gasteiger partial charge in [-0.1, -0.05) is 241 Å². The zero-order valence-electron chi connectivity index (χ0n) is 37.3. The lowest BCUT2D eigenvalue weighted by atomic mass is 9.34. The third kappa shape index (κ3) is 5.80. The van der Waals surface area contributed by atoms with Crippen molar-refractivity contribution in [1.82, 2.24) is 0 Å². The van der Waals surface area contributed by atoms with Crippen LogP contribution in [0.5, 0.6) is 0 Å². The summed E-state index contributed by atoms with van der Waals surface area (Å²) in [5.41, 5.74) is 19.8. The van der Waals surface area contributed by atoms with E-state index in [4.69, 9.17) is 0 Å². The number of rotatable bonds is 6. The Morgan fingerprint density at radius 1 is 0.265 bits per heavy atom. The Bertz CT molecular complexity index is 3620. The van der Waals surface area contributed by atoms with E-state index in [1.807, 2.05) is 0 Å². The molecule has 0 radical (unpaired) electrons. The van der Waals surface area contributed by atoms with Crippen molar-refractivity contribution >= 4 is 113 Å². The third-order valence-electron chi connectivity index (χ3n) is 14.7. The highest BCUT2D eigenvalue weighted by atomic mass is 15.2. The summed E-state index contributed by atoms with van der Waals surface area (Å²) < 4.78 is 0. The van der Waals surface area contributed by atoms with E-state index < -0.39 is 0 Å². The minimum atomic E-state index is 0.0327. The highest BCUT2D eigenvalue weighted by molar-refractivity contribution is 6.99. The zero-order chi connectivity index (χ0) is 44.7. The van der Waals surface area contributed by atoms with Gasteiger partial charge in [0.2, 0.25) is 13.4 Å². The topological polar surface area (TPSA) is 6.48 Å². The fourth-order valence-corrected chi connectivity index (χ4v) is 11.9. The lowest BCUT2D eigenvalue weighted by Gasteiger charge is -2.40. The number of hydrogen-bond acceptors (Lipinski definition) is 2. The summed E-state index contributed by atoms with van der Waals surface area (Å²) in [6.45, 7) is 0.0654. The second kappa shape index (κ2) is 15.5. The molecule has 2 nitrogen and oxygen atoms in total. The maximum absolute atomic E-state index is 2.58. The second-order valence-corrected chi connectivity index (χ2v) is 18.3. The summed E-state index contributed by atoms with van der Waals surface area (Å²) >= 11 is 0. The number of hydrogen-bond donors (Lipinski definition) is 0. The predicted octanol–water partition coefficient (Wildman–Crippen LogP) is 12.5. The predicted molar refractivity (Wildman–Crippen MR) is 293 cm³/mol. The van der Waals surface area contributed by atoms with Crippen LogP contribution in [-0.2, 0) is 0 Å². The van der Waals surface area contributed by atoms with Gasteiger partial charge in [-0.25, -0.2) is 0 Å². The van der Waals surface area contributed by atoms with E-state index in [1.54, 1.807) is 0 Å². The summed E-state index contributed by atoms with van der Waals surface area (Å²) in [5.74, 6) is 0. The van der Waals surface area contributed by atoms with E-state index in [0.717, 1.165) is 11.4 Å². The molecular weight excluding hydrogens is 818 g/mol. The molecule has 0 saturated heterocycles. The summed E-state index contributed by atoms with van der Waals surface area (Å²) in [7, 11) is 0. The van der Waals surface area contributed by atoms with Gasteiger partial charge < -0.3 is 9.80 Å². The minimum absolute atomic E-state index is 0.0327. The Morgan fingerprint density at radius 2 is 0.603 bits per heavy atom. The minimum Gasteiger partial charge on any atom is -0.310 e. The van der Waals surface area contributed by atoms with Gasteiger partial charge in [-0.3, -0.25) is 0 Å². The third-order valence-corrected chi connectivity index (χ3v) is 14.7. The number of benzene rings is 12. The van der Waals surface area contributed by atoms with Crippen LogP contribution < -0.4 is 42.6 Å². The average Bonchev–Trinajstić information content (AvgIpc) is 3.41. The second-order valence-electron chi connectivity index (χ2n) is 18.3. The molecule has 0 spiro atoms. The molecule has 12 aromatic carbocycles. The molecule has 68 heavy (non-hydrogen) atoms. The summed E-state index contributed by atoms with van der Waals surface area (Å²) in [4.78, 5) is 5.16. The standard InChI is InChI=1S/C64H42B2N2/c1-5-21-43(22-6-1)49-29-13-17-33-57(49)67-59-35-19-15-31-53(59)65(47-25-9-3-10-26-47)55-41-45-38-40-52-62-46(37-39-51(61(45)62)63(55)67)42-56-64(52)68(58-34-18-14-30-50(58)44-23-7-2-8-24-44)60-36-20-16-32-54(60)66(56)48-27-11-4-12-28-48/h1-42H. The summed E-state index contributed by atoms with van der Waals surface area (Å²) in [6, 6.07) is 94.7. The molecule has 0 saturated carbocycles. The maximum atomic E-state index is 2.58. The first-order chi connectivity index (χ1) is 33.8. The Hall–Kier alpha value is -8.59. The molecule has 0 unspecified atom stereocenters. The van der Waals surface area contributed by atoms with Crippen molar-refractivity contribution in [3.05, 3.63) is 255 Å². The van der Waals surface area contributed by atoms with Crippen LogP contribution in [0.2, 0.25) is 0 Å². The van der Waals surface area contributed by atoms with Gasteiger partial charge in [0, 0.05) is 44.6 Å². The molecule has 0 fully saturated rings. The van der Waals surface area contributed by atoms with Crippen LogP contribution in [0.3, 0.4) is 0 Å². The smallest absolute Gasteiger partial charge is 0.246 e. The molecule has 14 rings (SSSR count). The molecule has 0 aliphatic carbocycles. The van der Waals surface area contributed by atoms with Gasteiger partial charge in [-0.15, -0.1) is 0 Å². The maximum Gasteiger partial charge on any atom is 0.246 e. The molecule has 0 amide bonds. The molecule has 2 aliphatic heterocycles. The summed E-state index contributed by atoms with van der Waals surface area (Å²) in [5, 5.41) is 7.59. The number of fused-ring (bicyclic) bond motifs is 6. The van der Waals surface area contributed by atoms with Gasteiger partial charge in [0.1, 0.15) is 0 Å². The first-order valence-electron chi connectivity index (χ1n) is 23.8. The lowest BCUT2D eigenvalue weighted by Crippen LogP contribution is -2.57. The average molecular weight is 861 g/mol. The van der Waals surface area contributed by atoms with Crippen molar-refractivity contribution in [3.63, 3.8) is 0 Å². The van der Waals surface area contributed by atoms with Crippen molar-refractivity contribution in [2.45, 2.75) is 0 Å². The van der Waals surface area contributed by atoms with Crippen molar-refractivity contribution in [2.75, 3.05) is 9.80 Å². The molecule has 2 heterocycles. The highest BCUT2D eigenvalue weighted by Gasteiger charge is 2.40. The fourth-order valence-electron chi connectivity index (χ4n) is 11.9. The van der Waals surface area contributed by atoms with Crippen molar-refractivity contribution < 1.29 is 0 Å². The van der Waals surface area contributed by atoms with E-state index in [9.17, 15) is 0 Å². The van der Waals surface area contributed by atoms with Crippen LogP contribution in [0.15, 0.2) is 255 Å². The first kappa shape index (κ1) is 38.7. The monoisotopic (exact) mass is 860 g/mol. The van der Waals surface area contributed by atoms with Crippen molar-refractivity contribution in [2.24, 2.45) is 0 Å². The SMILES string of the molecule is c1ccc(B2c3ccccc3N(c3ccccc3-c3ccccc3)c3c2cc2ccc4c5c(cc6ccc3c2c64)B(c2ccccc2)c2ccccc2N5c2ccccc2-c2ccccc2)cc1. The van der Waals surface area contributed by atoms with E-state index >= 15 is 0 Å². The number of anilines is 6. The Kier molecular flexibility index (Phi) is 8.82. The van der Waals surface area contributed by atoms with E-state index in [0.29, 0.717) is 0 Å². The highest BCUT2D eigenvalue weighted by Crippen LogP contribution is 2.50. The lowest BCUT2D eigenvalue weighted by molar-refractivity contribution is 1.31. The molecule has 0 aromatic heterocycles. The number of para-hydroxylation sites is 4. The summed E-state index contributed by atoms with van der Waals surface area (Å²) in [6.07, 6.45) is 0. The van der Waals surface area contributed by atoms with Crippen LogP contribution in [0.1, 0.15) is 0 Å². The first-order valence-corrected chi connectivity index (χ1v) is 23.8. The molecule has 0 bridgehead atoms. The van der Waals surface area contributed by atoms with E-state index in [1.165, 1.54) is 110 Å². The van der Waals surface area contributed by atoms with Crippen LogP contribution in [0, 0.1) is 0 Å². The molecule has 0 N–H and O–H groups in total. The molecular formula is C64H42B2N2. The molecule has 314 valence electrons. The van der Waals surface area contributed by atoms with Crippen LogP contribution in [0.4, 0.5) is 34.1 Å². The van der Waals surface area contributed by atoms with Gasteiger partial charge in [-0.2, -0.15) is 0 Å². The molecule has 4 heteroatoms. The van der Waals surface area contributed by atoms with Gasteiger partial charge >= 0.3 is 0 Å². The Labute approximate surface area is 397 Å². The van der Waals surface area contributed by atoms with Gasteiger partial charge in [-0.05, 0) is 78.8 Å². The van der Waals surface area contributed by atoms with E-state index in [-0.39, 0.29) is 13.4 Å². The quantitative estimate of drug-likeness (QED) is 0.121. The molecule has 2 aliphatic rings. The normalized spacial score (nSPS) is 12.9. The van der Waals surface area contributed by atoms with Gasteiger partial charge in [0.15, 0.2) is 0 Å². The zero-order valence-corrected chi connectivity index (χ0v) is 37.3. The van der Waals surface area contributed by atoms with Crippen LogP contribution >= 0.6 is 0 Å². The van der Waals surface area contributed by atoms with E-state index in [2.05, 4.69) is 265 Å². The number of nitrogens with zero attached hydrogens (tertiary/aromatic N) is 2. The van der Waals surface area contributed by atoms with Crippen LogP contribution in [0.25, 0.3) is 54.6 Å². The Balaban J connectivity index is 1.11. The fraction of sp³-hybridized carbons (Fsp3) is 0.